The Hall–Kier alpha value is -1.66. The Balaban J connectivity index is 2.38. The number of nitrogens with one attached hydrogen (secondary N) is 1. The van der Waals surface area contributed by atoms with E-state index in [1.807, 2.05) is 25.1 Å². The third-order valence-electron chi connectivity index (χ3n) is 2.92. The van der Waals surface area contributed by atoms with Gasteiger partial charge in [-0.25, -0.2) is 8.42 Å². The molecular formula is C15H18N2O2S2. The number of para-hydroxylation sites is 1. The van der Waals surface area contributed by atoms with E-state index in [0.717, 1.165) is 10.6 Å². The van der Waals surface area contributed by atoms with Crippen LogP contribution in [0, 0.1) is 6.92 Å². The SMILES string of the molecule is CCSc1ccccc1NS(=O)(=O)c1ccc(N)cc1C. The van der Waals surface area contributed by atoms with Crippen LogP contribution in [0.1, 0.15) is 12.5 Å². The molecule has 0 radical (unpaired) electrons. The highest BCUT2D eigenvalue weighted by Gasteiger charge is 2.18. The standard InChI is InChI=1S/C15H18N2O2S2/c1-3-20-14-7-5-4-6-13(14)17-21(18,19)15-9-8-12(16)10-11(15)2/h4-10,17H,3,16H2,1-2H3. The van der Waals surface area contributed by atoms with Crippen LogP contribution in [0.4, 0.5) is 11.4 Å². The number of anilines is 2. The summed E-state index contributed by atoms with van der Waals surface area (Å²) in [5.41, 5.74) is 7.44. The van der Waals surface area contributed by atoms with Gasteiger partial charge in [-0.15, -0.1) is 11.8 Å². The van der Waals surface area contributed by atoms with Gasteiger partial charge in [0.05, 0.1) is 10.6 Å². The zero-order chi connectivity index (χ0) is 15.5. The van der Waals surface area contributed by atoms with Gasteiger partial charge in [-0.2, -0.15) is 0 Å². The lowest BCUT2D eigenvalue weighted by atomic mass is 10.2. The van der Waals surface area contributed by atoms with Crippen LogP contribution < -0.4 is 10.5 Å². The molecule has 0 aliphatic carbocycles. The number of sulfonamides is 1. The summed E-state index contributed by atoms with van der Waals surface area (Å²) in [6.45, 7) is 3.76. The molecule has 2 rings (SSSR count). The highest BCUT2D eigenvalue weighted by atomic mass is 32.2. The molecule has 6 heteroatoms. The van der Waals surface area contributed by atoms with Crippen LogP contribution >= 0.6 is 11.8 Å². The molecule has 2 aromatic carbocycles. The summed E-state index contributed by atoms with van der Waals surface area (Å²) >= 11 is 1.60. The molecule has 3 N–H and O–H groups in total. The summed E-state index contributed by atoms with van der Waals surface area (Å²) < 4.78 is 27.7. The van der Waals surface area contributed by atoms with E-state index in [9.17, 15) is 8.42 Å². The minimum Gasteiger partial charge on any atom is -0.399 e. The summed E-state index contributed by atoms with van der Waals surface area (Å²) in [6.07, 6.45) is 0. The van der Waals surface area contributed by atoms with E-state index < -0.39 is 10.0 Å². The predicted molar refractivity (Wildman–Crippen MR) is 89.2 cm³/mol. The molecule has 0 saturated carbocycles. The quantitative estimate of drug-likeness (QED) is 0.653. The van der Waals surface area contributed by atoms with E-state index in [1.54, 1.807) is 36.9 Å². The molecule has 0 saturated heterocycles. The van der Waals surface area contributed by atoms with Gasteiger partial charge in [0.1, 0.15) is 0 Å². The van der Waals surface area contributed by atoms with E-state index in [-0.39, 0.29) is 4.90 Å². The zero-order valence-electron chi connectivity index (χ0n) is 12.0. The lowest BCUT2D eigenvalue weighted by Crippen LogP contribution is -2.15. The Labute approximate surface area is 129 Å². The maximum atomic E-state index is 12.5. The Morgan fingerprint density at radius 1 is 1.19 bits per heavy atom. The topological polar surface area (TPSA) is 72.2 Å². The second-order valence-electron chi connectivity index (χ2n) is 4.56. The van der Waals surface area contributed by atoms with Crippen LogP contribution in [0.15, 0.2) is 52.3 Å². The van der Waals surface area contributed by atoms with Crippen molar-refractivity contribution < 1.29 is 8.42 Å². The van der Waals surface area contributed by atoms with Crippen molar-refractivity contribution in [3.63, 3.8) is 0 Å². The molecule has 0 aromatic heterocycles. The van der Waals surface area contributed by atoms with Crippen LogP contribution in [-0.2, 0) is 10.0 Å². The monoisotopic (exact) mass is 322 g/mol. The molecule has 0 aliphatic heterocycles. The van der Waals surface area contributed by atoms with E-state index in [4.69, 9.17) is 5.73 Å². The number of aryl methyl sites for hydroxylation is 1. The molecule has 0 fully saturated rings. The van der Waals surface area contributed by atoms with Crippen molar-refractivity contribution in [3.05, 3.63) is 48.0 Å². The molecule has 0 spiro atoms. The van der Waals surface area contributed by atoms with Gasteiger partial charge < -0.3 is 5.73 Å². The number of hydrogen-bond donors (Lipinski definition) is 2. The van der Waals surface area contributed by atoms with Crippen molar-refractivity contribution in [2.45, 2.75) is 23.6 Å². The highest BCUT2D eigenvalue weighted by Crippen LogP contribution is 2.29. The first kappa shape index (κ1) is 15.7. The number of nitrogens with two attached hydrogens (primary N) is 1. The first-order chi connectivity index (χ1) is 9.94. The molecular weight excluding hydrogens is 304 g/mol. The predicted octanol–water partition coefficient (Wildman–Crippen LogP) is 3.49. The zero-order valence-corrected chi connectivity index (χ0v) is 13.6. The van der Waals surface area contributed by atoms with Gasteiger partial charge in [-0.1, -0.05) is 19.1 Å². The van der Waals surface area contributed by atoms with Crippen molar-refractivity contribution in [1.29, 1.82) is 0 Å². The van der Waals surface area contributed by atoms with Gasteiger partial charge in [0, 0.05) is 10.6 Å². The Morgan fingerprint density at radius 3 is 2.57 bits per heavy atom. The Bertz CT molecular complexity index is 743. The van der Waals surface area contributed by atoms with Gasteiger partial charge in [0.2, 0.25) is 0 Å². The lowest BCUT2D eigenvalue weighted by molar-refractivity contribution is 0.600. The smallest absolute Gasteiger partial charge is 0.262 e. The van der Waals surface area contributed by atoms with Crippen LogP contribution in [0.3, 0.4) is 0 Å². The molecule has 112 valence electrons. The highest BCUT2D eigenvalue weighted by molar-refractivity contribution is 7.99. The number of thioether (sulfide) groups is 1. The minimum absolute atomic E-state index is 0.244. The molecule has 0 bridgehead atoms. The number of benzene rings is 2. The van der Waals surface area contributed by atoms with Crippen LogP contribution in [0.5, 0.6) is 0 Å². The average molecular weight is 322 g/mol. The summed E-state index contributed by atoms with van der Waals surface area (Å²) in [4.78, 5) is 1.16. The molecule has 21 heavy (non-hydrogen) atoms. The molecule has 0 amide bonds. The minimum atomic E-state index is -3.62. The lowest BCUT2D eigenvalue weighted by Gasteiger charge is -2.13. The maximum absolute atomic E-state index is 12.5. The molecule has 0 atom stereocenters. The fraction of sp³-hybridized carbons (Fsp3) is 0.200. The van der Waals surface area contributed by atoms with Crippen molar-refractivity contribution in [3.8, 4) is 0 Å². The summed E-state index contributed by atoms with van der Waals surface area (Å²) in [6, 6.07) is 12.2. The fourth-order valence-corrected chi connectivity index (χ4v) is 4.14. The van der Waals surface area contributed by atoms with Crippen molar-refractivity contribution >= 4 is 33.2 Å². The summed E-state index contributed by atoms with van der Waals surface area (Å²) in [7, 11) is -3.62. The Morgan fingerprint density at radius 2 is 1.90 bits per heavy atom. The van der Waals surface area contributed by atoms with Crippen LogP contribution in [-0.4, -0.2) is 14.2 Å². The molecule has 4 nitrogen and oxygen atoms in total. The second-order valence-corrected chi connectivity index (χ2v) is 7.52. The Kier molecular flexibility index (Phi) is 4.80. The number of nitrogen functional groups attached to an aromatic ring is 1. The molecule has 2 aromatic rings. The van der Waals surface area contributed by atoms with E-state index in [0.29, 0.717) is 16.9 Å². The molecule has 0 unspecified atom stereocenters. The number of hydrogen-bond acceptors (Lipinski definition) is 4. The normalized spacial score (nSPS) is 11.3. The van der Waals surface area contributed by atoms with Crippen molar-refractivity contribution in [2.24, 2.45) is 0 Å². The van der Waals surface area contributed by atoms with Crippen LogP contribution in [0.2, 0.25) is 0 Å². The van der Waals surface area contributed by atoms with Gasteiger partial charge in [0.25, 0.3) is 10.0 Å². The second kappa shape index (κ2) is 6.41. The van der Waals surface area contributed by atoms with Gasteiger partial charge >= 0.3 is 0 Å². The van der Waals surface area contributed by atoms with Gasteiger partial charge in [0.15, 0.2) is 0 Å². The third kappa shape index (κ3) is 3.71. The third-order valence-corrected chi connectivity index (χ3v) is 5.40. The first-order valence-electron chi connectivity index (χ1n) is 6.55. The number of rotatable bonds is 5. The summed E-state index contributed by atoms with van der Waals surface area (Å²) in [5.74, 6) is 0.875. The summed E-state index contributed by atoms with van der Waals surface area (Å²) in [5, 5.41) is 0. The first-order valence-corrected chi connectivity index (χ1v) is 9.01. The maximum Gasteiger partial charge on any atom is 0.262 e. The van der Waals surface area contributed by atoms with E-state index in [2.05, 4.69) is 4.72 Å². The van der Waals surface area contributed by atoms with E-state index in [1.165, 1.54) is 6.07 Å². The van der Waals surface area contributed by atoms with Crippen molar-refractivity contribution in [1.82, 2.24) is 0 Å². The van der Waals surface area contributed by atoms with Gasteiger partial charge in [-0.05, 0) is 48.6 Å². The van der Waals surface area contributed by atoms with Crippen molar-refractivity contribution in [2.75, 3.05) is 16.2 Å². The molecule has 0 aliphatic rings. The average Bonchev–Trinajstić information content (AvgIpc) is 2.40. The van der Waals surface area contributed by atoms with Crippen LogP contribution in [0.25, 0.3) is 0 Å². The molecule has 0 heterocycles. The fourth-order valence-electron chi connectivity index (χ4n) is 2.01. The largest absolute Gasteiger partial charge is 0.399 e. The van der Waals surface area contributed by atoms with Gasteiger partial charge in [-0.3, -0.25) is 4.72 Å². The van der Waals surface area contributed by atoms with E-state index >= 15 is 0 Å².